The van der Waals surface area contributed by atoms with Crippen molar-refractivity contribution in [1.82, 2.24) is 10.6 Å². The molecule has 0 aromatic heterocycles. The first kappa shape index (κ1) is 14.7. The Morgan fingerprint density at radius 2 is 1.94 bits per heavy atom. The van der Waals surface area contributed by atoms with Crippen molar-refractivity contribution >= 4 is 12.3 Å². The molecule has 5 heteroatoms. The molecule has 0 spiro atoms. The molecule has 1 atom stereocenters. The Morgan fingerprint density at radius 3 is 2.56 bits per heavy atom. The summed E-state index contributed by atoms with van der Waals surface area (Å²) in [6.45, 7) is 5.92. The molecule has 1 unspecified atom stereocenters. The van der Waals surface area contributed by atoms with Crippen molar-refractivity contribution in [2.45, 2.75) is 38.2 Å². The highest BCUT2D eigenvalue weighted by molar-refractivity contribution is 5.92. The number of unbranched alkanes of at least 4 members (excludes halogenated alkanes) is 3. The van der Waals surface area contributed by atoms with E-state index in [1.165, 1.54) is 0 Å². The number of nitrogens with one attached hydrogen (secondary N) is 2. The van der Waals surface area contributed by atoms with Gasteiger partial charge in [0.2, 0.25) is 12.3 Å². The molecule has 2 amide bonds. The molecule has 1 rings (SSSR count). The number of hydrogen-bond donors (Lipinski definition) is 2. The van der Waals surface area contributed by atoms with Gasteiger partial charge in [0.1, 0.15) is 0 Å². The fraction of sp³-hybridized carbons (Fsp3) is 0.692. The van der Waals surface area contributed by atoms with Crippen LogP contribution in [0.25, 0.3) is 0 Å². The number of ether oxygens (including phenoxy) is 1. The van der Waals surface area contributed by atoms with Gasteiger partial charge in [0, 0.05) is 25.1 Å². The van der Waals surface area contributed by atoms with E-state index in [0.717, 1.165) is 45.2 Å². The van der Waals surface area contributed by atoms with E-state index in [4.69, 9.17) is 4.74 Å². The highest BCUT2D eigenvalue weighted by atomic mass is 16.6. The minimum absolute atomic E-state index is 0.0619. The van der Waals surface area contributed by atoms with Crippen LogP contribution >= 0.6 is 0 Å². The van der Waals surface area contributed by atoms with Crippen molar-refractivity contribution < 1.29 is 14.3 Å². The maximum Gasteiger partial charge on any atom is 0.246 e. The first-order valence-electron chi connectivity index (χ1n) is 6.48. The monoisotopic (exact) mass is 254 g/mol. The molecule has 0 radical (unpaired) electrons. The maximum atomic E-state index is 11.6. The minimum Gasteiger partial charge on any atom is -0.373 e. The van der Waals surface area contributed by atoms with Gasteiger partial charge in [0.05, 0.1) is 12.7 Å². The molecule has 18 heavy (non-hydrogen) atoms. The summed E-state index contributed by atoms with van der Waals surface area (Å²) in [4.78, 5) is 21.5. The van der Waals surface area contributed by atoms with Crippen LogP contribution in [0.15, 0.2) is 12.2 Å². The van der Waals surface area contributed by atoms with Crippen LogP contribution in [-0.4, -0.2) is 38.1 Å². The van der Waals surface area contributed by atoms with E-state index in [1.54, 1.807) is 0 Å². The summed E-state index contributed by atoms with van der Waals surface area (Å²) in [6.07, 6.45) is 5.64. The van der Waals surface area contributed by atoms with Crippen molar-refractivity contribution in [1.29, 1.82) is 0 Å². The van der Waals surface area contributed by atoms with E-state index in [-0.39, 0.29) is 12.0 Å². The van der Waals surface area contributed by atoms with Gasteiger partial charge in [-0.15, -0.1) is 0 Å². The van der Waals surface area contributed by atoms with Gasteiger partial charge in [-0.2, -0.15) is 0 Å². The number of epoxide rings is 1. The SMILES string of the molecule is C=C(CC1CO1)C(=O)NCCCCCCNC=O. The molecule has 1 aliphatic heterocycles. The molecule has 0 aliphatic carbocycles. The zero-order chi connectivity index (χ0) is 13.2. The van der Waals surface area contributed by atoms with Gasteiger partial charge in [-0.3, -0.25) is 9.59 Å². The van der Waals surface area contributed by atoms with E-state index in [1.807, 2.05) is 0 Å². The third-order valence-corrected chi connectivity index (χ3v) is 2.81. The highest BCUT2D eigenvalue weighted by Gasteiger charge is 2.25. The number of rotatable bonds is 11. The third kappa shape index (κ3) is 7.06. The van der Waals surface area contributed by atoms with Crippen LogP contribution < -0.4 is 10.6 Å². The Kier molecular flexibility index (Phi) is 7.10. The van der Waals surface area contributed by atoms with E-state index >= 15 is 0 Å². The minimum atomic E-state index is -0.0619. The number of hydrogen-bond acceptors (Lipinski definition) is 3. The normalized spacial score (nSPS) is 17.0. The predicted molar refractivity (Wildman–Crippen MR) is 69.0 cm³/mol. The molecule has 102 valence electrons. The predicted octanol–water partition coefficient (Wildman–Crippen LogP) is 0.754. The van der Waals surface area contributed by atoms with Gasteiger partial charge in [-0.25, -0.2) is 0 Å². The molecule has 0 bridgehead atoms. The second-order valence-electron chi connectivity index (χ2n) is 4.51. The van der Waals surface area contributed by atoms with Crippen molar-refractivity contribution in [2.75, 3.05) is 19.7 Å². The summed E-state index contributed by atoms with van der Waals surface area (Å²) in [5.74, 6) is -0.0619. The zero-order valence-electron chi connectivity index (χ0n) is 10.7. The van der Waals surface area contributed by atoms with Gasteiger partial charge in [-0.05, 0) is 12.8 Å². The Balaban J connectivity index is 1.88. The van der Waals surface area contributed by atoms with Crippen LogP contribution in [0.2, 0.25) is 0 Å². The summed E-state index contributed by atoms with van der Waals surface area (Å²) in [7, 11) is 0. The van der Waals surface area contributed by atoms with Gasteiger partial charge < -0.3 is 15.4 Å². The number of amides is 2. The maximum absolute atomic E-state index is 11.6. The number of carbonyl (C=O) groups excluding carboxylic acids is 2. The lowest BCUT2D eigenvalue weighted by molar-refractivity contribution is -0.117. The van der Waals surface area contributed by atoms with Gasteiger partial charge in [0.25, 0.3) is 0 Å². The molecule has 0 aromatic rings. The zero-order valence-corrected chi connectivity index (χ0v) is 10.7. The average Bonchev–Trinajstić information content (AvgIpc) is 3.16. The summed E-state index contributed by atoms with van der Waals surface area (Å²) in [5.41, 5.74) is 0.604. The lowest BCUT2D eigenvalue weighted by Gasteiger charge is -2.06. The summed E-state index contributed by atoms with van der Waals surface area (Å²) < 4.78 is 5.05. The molecule has 5 nitrogen and oxygen atoms in total. The van der Waals surface area contributed by atoms with Crippen molar-refractivity contribution in [3.63, 3.8) is 0 Å². The van der Waals surface area contributed by atoms with Gasteiger partial charge in [-0.1, -0.05) is 19.4 Å². The smallest absolute Gasteiger partial charge is 0.246 e. The van der Waals surface area contributed by atoms with Crippen molar-refractivity contribution in [3.8, 4) is 0 Å². The third-order valence-electron chi connectivity index (χ3n) is 2.81. The van der Waals surface area contributed by atoms with Crippen LogP contribution in [0.4, 0.5) is 0 Å². The van der Waals surface area contributed by atoms with Crippen LogP contribution in [0.5, 0.6) is 0 Å². The lowest BCUT2D eigenvalue weighted by atomic mass is 10.1. The molecular weight excluding hydrogens is 232 g/mol. The molecule has 1 fully saturated rings. The van der Waals surface area contributed by atoms with E-state index in [9.17, 15) is 9.59 Å². The van der Waals surface area contributed by atoms with Crippen LogP contribution in [-0.2, 0) is 14.3 Å². The van der Waals surface area contributed by atoms with Crippen molar-refractivity contribution in [3.05, 3.63) is 12.2 Å². The fourth-order valence-electron chi connectivity index (χ4n) is 1.64. The molecule has 2 N–H and O–H groups in total. The van der Waals surface area contributed by atoms with E-state index in [0.29, 0.717) is 18.5 Å². The Hall–Kier alpha value is -1.36. The largest absolute Gasteiger partial charge is 0.373 e. The van der Waals surface area contributed by atoms with Crippen LogP contribution in [0.3, 0.4) is 0 Å². The first-order chi connectivity index (χ1) is 8.74. The number of carbonyl (C=O) groups is 2. The summed E-state index contributed by atoms with van der Waals surface area (Å²) in [6, 6.07) is 0. The van der Waals surface area contributed by atoms with Gasteiger partial charge in [0.15, 0.2) is 0 Å². The van der Waals surface area contributed by atoms with Crippen molar-refractivity contribution in [2.24, 2.45) is 0 Å². The Bertz CT molecular complexity index is 288. The molecule has 1 aliphatic rings. The Labute approximate surface area is 108 Å². The molecule has 0 saturated carbocycles. The summed E-state index contributed by atoms with van der Waals surface area (Å²) >= 11 is 0. The molecular formula is C13H22N2O3. The molecule has 1 heterocycles. The van der Waals surface area contributed by atoms with Crippen LogP contribution in [0.1, 0.15) is 32.1 Å². The van der Waals surface area contributed by atoms with Gasteiger partial charge >= 0.3 is 0 Å². The molecule has 0 aromatic carbocycles. The second-order valence-corrected chi connectivity index (χ2v) is 4.51. The highest BCUT2D eigenvalue weighted by Crippen LogP contribution is 2.17. The topological polar surface area (TPSA) is 70.7 Å². The lowest BCUT2D eigenvalue weighted by Crippen LogP contribution is -2.26. The summed E-state index contributed by atoms with van der Waals surface area (Å²) in [5, 5.41) is 5.47. The average molecular weight is 254 g/mol. The second kappa shape index (κ2) is 8.69. The first-order valence-corrected chi connectivity index (χ1v) is 6.48. The van der Waals surface area contributed by atoms with E-state index < -0.39 is 0 Å². The standard InChI is InChI=1S/C13H22N2O3/c1-11(8-12-9-18-12)13(17)15-7-5-3-2-4-6-14-10-16/h10,12H,1-9H2,(H,14,16)(H,15,17). The molecule has 1 saturated heterocycles. The van der Waals surface area contributed by atoms with Crippen LogP contribution in [0, 0.1) is 0 Å². The fourth-order valence-corrected chi connectivity index (χ4v) is 1.64. The Morgan fingerprint density at radius 1 is 1.28 bits per heavy atom. The van der Waals surface area contributed by atoms with E-state index in [2.05, 4.69) is 17.2 Å². The quantitative estimate of drug-likeness (QED) is 0.247.